The van der Waals surface area contributed by atoms with Gasteiger partial charge in [-0.2, -0.15) is 0 Å². The molecular weight excluding hydrogens is 136 g/mol. The first-order chi connectivity index (χ1) is 5.11. The third-order valence-corrected chi connectivity index (χ3v) is 2.26. The number of likely N-dealkylation sites (N-methyl/N-ethyl adjacent to an activating group) is 2. The van der Waals surface area contributed by atoms with E-state index < -0.39 is 0 Å². The molecule has 0 bridgehead atoms. The molecule has 0 aromatic rings. The van der Waals surface area contributed by atoms with Crippen molar-refractivity contribution < 1.29 is 0 Å². The van der Waals surface area contributed by atoms with Gasteiger partial charge in [-0.05, 0) is 34.1 Å². The maximum absolute atomic E-state index is 2.36. The first-order valence-electron chi connectivity index (χ1n) is 4.46. The molecule has 0 radical (unpaired) electrons. The fourth-order valence-corrected chi connectivity index (χ4v) is 1.15. The summed E-state index contributed by atoms with van der Waals surface area (Å²) in [5.41, 5.74) is 0. The van der Waals surface area contributed by atoms with Gasteiger partial charge in [0.15, 0.2) is 0 Å². The molecule has 0 aliphatic heterocycles. The van der Waals surface area contributed by atoms with Gasteiger partial charge in [0.25, 0.3) is 0 Å². The lowest BCUT2D eigenvalue weighted by atomic mass is 10.2. The normalized spacial score (nSPS) is 14.5. The van der Waals surface area contributed by atoms with E-state index >= 15 is 0 Å². The fourth-order valence-electron chi connectivity index (χ4n) is 1.15. The van der Waals surface area contributed by atoms with Crippen LogP contribution >= 0.6 is 0 Å². The Balaban J connectivity index is 3.68. The van der Waals surface area contributed by atoms with Crippen LogP contribution in [-0.2, 0) is 0 Å². The average Bonchev–Trinajstić information content (AvgIpc) is 1.99. The van der Waals surface area contributed by atoms with Crippen molar-refractivity contribution in [1.82, 2.24) is 9.80 Å². The first-order valence-corrected chi connectivity index (χ1v) is 4.46. The summed E-state index contributed by atoms with van der Waals surface area (Å²) < 4.78 is 0. The highest BCUT2D eigenvalue weighted by molar-refractivity contribution is 4.67. The molecule has 0 saturated heterocycles. The number of hydrogen-bond donors (Lipinski definition) is 0. The summed E-state index contributed by atoms with van der Waals surface area (Å²) in [6.45, 7) is 6.76. The second kappa shape index (κ2) is 5.56. The van der Waals surface area contributed by atoms with E-state index in [9.17, 15) is 0 Å². The largest absolute Gasteiger partial charge is 0.305 e. The van der Waals surface area contributed by atoms with E-state index in [1.807, 2.05) is 0 Å². The van der Waals surface area contributed by atoms with Crippen LogP contribution in [0.2, 0.25) is 0 Å². The topological polar surface area (TPSA) is 6.48 Å². The number of nitrogens with zero attached hydrogens (tertiary/aromatic N) is 2. The van der Waals surface area contributed by atoms with Crippen molar-refractivity contribution in [2.75, 3.05) is 34.2 Å². The third-order valence-electron chi connectivity index (χ3n) is 2.26. The molecule has 1 atom stereocenters. The van der Waals surface area contributed by atoms with Gasteiger partial charge in [-0.1, -0.05) is 13.8 Å². The van der Waals surface area contributed by atoms with E-state index in [1.54, 1.807) is 0 Å². The Hall–Kier alpha value is -0.0800. The van der Waals surface area contributed by atoms with Crippen molar-refractivity contribution in [3.05, 3.63) is 0 Å². The minimum atomic E-state index is 0.708. The van der Waals surface area contributed by atoms with Crippen LogP contribution in [0.15, 0.2) is 0 Å². The van der Waals surface area contributed by atoms with E-state index in [2.05, 4.69) is 44.8 Å². The highest BCUT2D eigenvalue weighted by Gasteiger charge is 2.09. The summed E-state index contributed by atoms with van der Waals surface area (Å²) in [4.78, 5) is 4.65. The van der Waals surface area contributed by atoms with E-state index in [4.69, 9.17) is 0 Å². The van der Waals surface area contributed by atoms with Gasteiger partial charge in [0.05, 0.1) is 0 Å². The molecule has 11 heavy (non-hydrogen) atoms. The summed E-state index contributed by atoms with van der Waals surface area (Å²) >= 11 is 0. The van der Waals surface area contributed by atoms with Crippen LogP contribution in [0.5, 0.6) is 0 Å². The molecule has 0 saturated carbocycles. The zero-order chi connectivity index (χ0) is 8.85. The summed E-state index contributed by atoms with van der Waals surface area (Å²) in [5.74, 6) is 0. The van der Waals surface area contributed by atoms with Crippen molar-refractivity contribution in [3.63, 3.8) is 0 Å². The van der Waals surface area contributed by atoms with Crippen LogP contribution in [0.3, 0.4) is 0 Å². The molecule has 0 spiro atoms. The molecule has 0 N–H and O–H groups in total. The maximum atomic E-state index is 2.36. The van der Waals surface area contributed by atoms with E-state index in [0.29, 0.717) is 6.04 Å². The molecule has 0 aromatic heterocycles. The molecule has 0 unspecified atom stereocenters. The van der Waals surface area contributed by atoms with E-state index in [1.165, 1.54) is 13.0 Å². The van der Waals surface area contributed by atoms with Crippen LogP contribution in [0.25, 0.3) is 0 Å². The molecule has 0 amide bonds. The fraction of sp³-hybridized carbons (Fsp3) is 1.00. The van der Waals surface area contributed by atoms with Gasteiger partial charge >= 0.3 is 0 Å². The predicted octanol–water partition coefficient (Wildman–Crippen LogP) is 1.28. The highest BCUT2D eigenvalue weighted by Crippen LogP contribution is 2.00. The Labute approximate surface area is 71.2 Å². The van der Waals surface area contributed by atoms with E-state index in [0.717, 1.165) is 6.54 Å². The van der Waals surface area contributed by atoms with Crippen molar-refractivity contribution >= 4 is 0 Å². The van der Waals surface area contributed by atoms with Crippen LogP contribution < -0.4 is 0 Å². The van der Waals surface area contributed by atoms with Gasteiger partial charge in [-0.25, -0.2) is 0 Å². The van der Waals surface area contributed by atoms with Crippen molar-refractivity contribution in [3.8, 4) is 0 Å². The van der Waals surface area contributed by atoms with Gasteiger partial charge in [-0.15, -0.1) is 0 Å². The smallest absolute Gasteiger partial charge is 0.0214 e. The summed E-state index contributed by atoms with van der Waals surface area (Å²) in [6.07, 6.45) is 1.23. The van der Waals surface area contributed by atoms with Gasteiger partial charge in [-0.3, -0.25) is 0 Å². The molecule has 0 heterocycles. The lowest BCUT2D eigenvalue weighted by molar-refractivity contribution is 0.208. The van der Waals surface area contributed by atoms with Crippen molar-refractivity contribution in [2.24, 2.45) is 0 Å². The molecule has 0 fully saturated rings. The average molecular weight is 158 g/mol. The molecule has 2 nitrogen and oxygen atoms in total. The molecular formula is C9H22N2. The highest BCUT2D eigenvalue weighted by atomic mass is 15.2. The second-order valence-corrected chi connectivity index (χ2v) is 3.38. The van der Waals surface area contributed by atoms with Crippen molar-refractivity contribution in [1.29, 1.82) is 0 Å². The molecule has 0 aliphatic rings. The monoisotopic (exact) mass is 158 g/mol. The first kappa shape index (κ1) is 10.9. The Kier molecular flexibility index (Phi) is 5.51. The quantitative estimate of drug-likeness (QED) is 0.594. The second-order valence-electron chi connectivity index (χ2n) is 3.38. The van der Waals surface area contributed by atoms with E-state index in [-0.39, 0.29) is 0 Å². The lowest BCUT2D eigenvalue weighted by Gasteiger charge is -2.27. The molecule has 68 valence electrons. The Morgan fingerprint density at radius 3 is 1.91 bits per heavy atom. The van der Waals surface area contributed by atoms with Gasteiger partial charge in [0, 0.05) is 12.6 Å². The zero-order valence-electron chi connectivity index (χ0n) is 8.59. The van der Waals surface area contributed by atoms with Crippen LogP contribution in [0.1, 0.15) is 20.3 Å². The van der Waals surface area contributed by atoms with Crippen LogP contribution in [-0.4, -0.2) is 50.1 Å². The van der Waals surface area contributed by atoms with Crippen molar-refractivity contribution in [2.45, 2.75) is 26.3 Å². The van der Waals surface area contributed by atoms with Crippen LogP contribution in [0, 0.1) is 0 Å². The number of rotatable bonds is 5. The van der Waals surface area contributed by atoms with Gasteiger partial charge < -0.3 is 9.80 Å². The zero-order valence-corrected chi connectivity index (χ0v) is 8.59. The summed E-state index contributed by atoms with van der Waals surface area (Å²) in [5, 5.41) is 0. The standard InChI is InChI=1S/C9H22N2/c1-6-9(10(3)4)8-11(5)7-2/h9H,6-8H2,1-5H3/t9-/m1/s1. The SMILES string of the molecule is CC[C@H](CN(C)CC)N(C)C. The Morgan fingerprint density at radius 1 is 1.09 bits per heavy atom. The number of hydrogen-bond acceptors (Lipinski definition) is 2. The predicted molar refractivity (Wildman–Crippen MR) is 50.9 cm³/mol. The van der Waals surface area contributed by atoms with Gasteiger partial charge in [0.2, 0.25) is 0 Å². The minimum Gasteiger partial charge on any atom is -0.305 e. The molecule has 0 rings (SSSR count). The molecule has 0 aromatic carbocycles. The Bertz CT molecular complexity index is 91.6. The minimum absolute atomic E-state index is 0.708. The summed E-state index contributed by atoms with van der Waals surface area (Å²) in [7, 11) is 6.47. The summed E-state index contributed by atoms with van der Waals surface area (Å²) in [6, 6.07) is 0.708. The Morgan fingerprint density at radius 2 is 1.64 bits per heavy atom. The molecule has 2 heteroatoms. The molecule has 0 aliphatic carbocycles. The van der Waals surface area contributed by atoms with Crippen LogP contribution in [0.4, 0.5) is 0 Å². The maximum Gasteiger partial charge on any atom is 0.0214 e. The lowest BCUT2D eigenvalue weighted by Crippen LogP contribution is -2.38. The van der Waals surface area contributed by atoms with Gasteiger partial charge in [0.1, 0.15) is 0 Å². The third kappa shape index (κ3) is 4.38.